The normalized spacial score (nSPS) is 13.6. The minimum atomic E-state index is -0.904. The van der Waals surface area contributed by atoms with Crippen LogP contribution in [0.3, 0.4) is 0 Å². The molecule has 0 heterocycles. The maximum absolute atomic E-state index is 11.0. The Morgan fingerprint density at radius 1 is 0.688 bits per heavy atom. The molecule has 0 aromatic heterocycles. The van der Waals surface area contributed by atoms with E-state index < -0.39 is 32.1 Å². The van der Waals surface area contributed by atoms with Crippen LogP contribution in [0.4, 0.5) is 0 Å². The van der Waals surface area contributed by atoms with Gasteiger partial charge in [0.05, 0.1) is 24.3 Å². The third-order valence-electron chi connectivity index (χ3n) is 1.31. The van der Waals surface area contributed by atoms with Crippen molar-refractivity contribution >= 4 is 58.3 Å². The Hall–Kier alpha value is -0.420. The molecule has 0 spiro atoms. The molecule has 0 fully saturated rings. The predicted octanol–water partition coefficient (Wildman–Crippen LogP) is 2.71. The lowest BCUT2D eigenvalue weighted by atomic mass is 10.4. The van der Waals surface area contributed by atoms with Crippen molar-refractivity contribution < 1.29 is 19.1 Å². The number of halogens is 4. The molecule has 0 unspecified atom stereocenters. The zero-order valence-electron chi connectivity index (χ0n) is 8.14. The van der Waals surface area contributed by atoms with Gasteiger partial charge in [-0.1, -0.05) is 46.4 Å². The zero-order valence-corrected chi connectivity index (χ0v) is 11.2. The van der Waals surface area contributed by atoms with E-state index in [2.05, 4.69) is 9.47 Å². The van der Waals surface area contributed by atoms with Gasteiger partial charge in [-0.2, -0.15) is 0 Å². The second kappa shape index (κ2) is 7.01. The molecular formula is C8H6Cl4O4. The standard InChI is InChI=1S/C8H6Cl4O4/c1-15-7(13)5(11)3(9)4(10)6(12)8(14)16-2/h1-2H3/b5-3-,6-4-. The zero-order chi connectivity index (χ0) is 12.9. The monoisotopic (exact) mass is 306 g/mol. The number of rotatable bonds is 3. The molecule has 4 nitrogen and oxygen atoms in total. The van der Waals surface area contributed by atoms with E-state index in [-0.39, 0.29) is 0 Å². The molecule has 0 rings (SSSR count). The Bertz CT molecular complexity index is 336. The lowest BCUT2D eigenvalue weighted by Gasteiger charge is -2.03. The van der Waals surface area contributed by atoms with Gasteiger partial charge < -0.3 is 9.47 Å². The van der Waals surface area contributed by atoms with E-state index in [4.69, 9.17) is 46.4 Å². The van der Waals surface area contributed by atoms with E-state index in [1.54, 1.807) is 0 Å². The summed E-state index contributed by atoms with van der Waals surface area (Å²) in [6, 6.07) is 0. The van der Waals surface area contributed by atoms with Crippen molar-refractivity contribution in [3.05, 3.63) is 20.1 Å². The van der Waals surface area contributed by atoms with Crippen molar-refractivity contribution in [1.29, 1.82) is 0 Å². The summed E-state index contributed by atoms with van der Waals surface area (Å²) in [6.45, 7) is 0. The van der Waals surface area contributed by atoms with E-state index in [0.29, 0.717) is 0 Å². The number of carbonyl (C=O) groups excluding carboxylic acids is 2. The average molecular weight is 308 g/mol. The van der Waals surface area contributed by atoms with Crippen LogP contribution in [-0.2, 0) is 19.1 Å². The van der Waals surface area contributed by atoms with Gasteiger partial charge in [0.2, 0.25) is 0 Å². The van der Waals surface area contributed by atoms with Crippen molar-refractivity contribution in [2.24, 2.45) is 0 Å². The number of hydrogen-bond acceptors (Lipinski definition) is 4. The number of ether oxygens (including phenoxy) is 2. The van der Waals surface area contributed by atoms with E-state index in [0.717, 1.165) is 14.2 Å². The minimum Gasteiger partial charge on any atom is -0.465 e. The van der Waals surface area contributed by atoms with E-state index >= 15 is 0 Å². The van der Waals surface area contributed by atoms with Crippen molar-refractivity contribution in [2.75, 3.05) is 14.2 Å². The number of esters is 2. The molecule has 0 saturated heterocycles. The summed E-state index contributed by atoms with van der Waals surface area (Å²) < 4.78 is 8.59. The second-order valence-corrected chi connectivity index (χ2v) is 3.75. The van der Waals surface area contributed by atoms with Gasteiger partial charge in [0, 0.05) is 0 Å². The lowest BCUT2D eigenvalue weighted by Crippen LogP contribution is -2.05. The quantitative estimate of drug-likeness (QED) is 0.457. The van der Waals surface area contributed by atoms with Gasteiger partial charge in [0.25, 0.3) is 0 Å². The molecule has 16 heavy (non-hydrogen) atoms. The van der Waals surface area contributed by atoms with Gasteiger partial charge in [0.1, 0.15) is 10.1 Å². The van der Waals surface area contributed by atoms with Crippen LogP contribution in [0.1, 0.15) is 0 Å². The van der Waals surface area contributed by atoms with E-state index in [1.807, 2.05) is 0 Å². The van der Waals surface area contributed by atoms with Gasteiger partial charge in [-0.3, -0.25) is 0 Å². The van der Waals surface area contributed by atoms with Crippen LogP contribution in [0.25, 0.3) is 0 Å². The summed E-state index contributed by atoms with van der Waals surface area (Å²) >= 11 is 22.3. The fraction of sp³-hybridized carbons (Fsp3) is 0.250. The summed E-state index contributed by atoms with van der Waals surface area (Å²) in [5.74, 6) is -1.81. The molecule has 0 radical (unpaired) electrons. The van der Waals surface area contributed by atoms with E-state index in [1.165, 1.54) is 0 Å². The van der Waals surface area contributed by atoms with Gasteiger partial charge in [-0.05, 0) is 0 Å². The molecule has 0 atom stereocenters. The summed E-state index contributed by atoms with van der Waals surface area (Å²) in [5, 5.41) is -1.77. The summed E-state index contributed by atoms with van der Waals surface area (Å²) in [4.78, 5) is 22.0. The summed E-state index contributed by atoms with van der Waals surface area (Å²) in [6.07, 6.45) is 0. The fourth-order valence-corrected chi connectivity index (χ4v) is 1.33. The largest absolute Gasteiger partial charge is 0.465 e. The van der Waals surface area contributed by atoms with Crippen LogP contribution in [0.5, 0.6) is 0 Å². The van der Waals surface area contributed by atoms with Crippen molar-refractivity contribution in [3.8, 4) is 0 Å². The van der Waals surface area contributed by atoms with Gasteiger partial charge in [0.15, 0.2) is 0 Å². The van der Waals surface area contributed by atoms with Gasteiger partial charge >= 0.3 is 11.9 Å². The molecule has 0 bridgehead atoms. The number of allylic oxidation sites excluding steroid dienone is 2. The number of hydrogen-bond donors (Lipinski definition) is 0. The van der Waals surface area contributed by atoms with Gasteiger partial charge in [-0.15, -0.1) is 0 Å². The second-order valence-electron chi connectivity index (χ2n) is 2.24. The SMILES string of the molecule is COC(=O)/C(Cl)=C(Cl)\C(Cl)=C(\Cl)C(=O)OC. The summed E-state index contributed by atoms with van der Waals surface area (Å²) in [5.41, 5.74) is 0. The highest BCUT2D eigenvalue weighted by molar-refractivity contribution is 6.56. The average Bonchev–Trinajstić information content (AvgIpc) is 2.32. The molecule has 8 heteroatoms. The van der Waals surface area contributed by atoms with Crippen LogP contribution in [0.15, 0.2) is 20.1 Å². The van der Waals surface area contributed by atoms with Crippen LogP contribution in [0, 0.1) is 0 Å². The molecule has 0 aliphatic carbocycles. The molecule has 0 aromatic carbocycles. The van der Waals surface area contributed by atoms with Crippen LogP contribution >= 0.6 is 46.4 Å². The first kappa shape index (κ1) is 15.6. The van der Waals surface area contributed by atoms with Crippen molar-refractivity contribution in [3.63, 3.8) is 0 Å². The van der Waals surface area contributed by atoms with Crippen LogP contribution < -0.4 is 0 Å². The molecule has 0 amide bonds. The van der Waals surface area contributed by atoms with Crippen molar-refractivity contribution in [1.82, 2.24) is 0 Å². The lowest BCUT2D eigenvalue weighted by molar-refractivity contribution is -0.136. The molecule has 0 aromatic rings. The first-order chi connectivity index (χ1) is 7.36. The van der Waals surface area contributed by atoms with E-state index in [9.17, 15) is 9.59 Å². The van der Waals surface area contributed by atoms with Gasteiger partial charge in [-0.25, -0.2) is 9.59 Å². The maximum Gasteiger partial charge on any atom is 0.351 e. The maximum atomic E-state index is 11.0. The smallest absolute Gasteiger partial charge is 0.351 e. The number of carbonyl (C=O) groups is 2. The first-order valence-corrected chi connectivity index (χ1v) is 5.15. The Morgan fingerprint density at radius 2 is 0.938 bits per heavy atom. The topological polar surface area (TPSA) is 52.6 Å². The molecule has 0 aliphatic heterocycles. The molecule has 0 N–H and O–H groups in total. The third kappa shape index (κ3) is 3.87. The highest BCUT2D eigenvalue weighted by atomic mass is 35.5. The Balaban J connectivity index is 5.35. The van der Waals surface area contributed by atoms with Crippen LogP contribution in [-0.4, -0.2) is 26.2 Å². The first-order valence-electron chi connectivity index (χ1n) is 3.64. The predicted molar refractivity (Wildman–Crippen MR) is 61.5 cm³/mol. The van der Waals surface area contributed by atoms with Crippen molar-refractivity contribution in [2.45, 2.75) is 0 Å². The Kier molecular flexibility index (Phi) is 6.83. The number of methoxy groups -OCH3 is 2. The highest BCUT2D eigenvalue weighted by Crippen LogP contribution is 2.30. The Labute approximate surface area is 112 Å². The summed E-state index contributed by atoms with van der Waals surface area (Å²) in [7, 11) is 2.21. The molecule has 0 saturated carbocycles. The minimum absolute atomic E-state index is 0.398. The molecular weight excluding hydrogens is 302 g/mol. The highest BCUT2D eigenvalue weighted by Gasteiger charge is 2.20. The molecule has 0 aliphatic rings. The Morgan fingerprint density at radius 3 is 1.12 bits per heavy atom. The molecule has 90 valence electrons. The fourth-order valence-electron chi connectivity index (χ4n) is 0.551. The van der Waals surface area contributed by atoms with Crippen LogP contribution in [0.2, 0.25) is 0 Å². The third-order valence-corrected chi connectivity index (χ3v) is 3.04.